The Balaban J connectivity index is 2.38. The van der Waals surface area contributed by atoms with E-state index in [1.54, 1.807) is 0 Å². The van der Waals surface area contributed by atoms with Crippen LogP contribution in [0.15, 0.2) is 60.8 Å². The number of ether oxygens (including phenoxy) is 4. The third-order valence-corrected chi connectivity index (χ3v) is 9.86. The third kappa shape index (κ3) is 29.3. The molecule has 0 amide bonds. The summed E-state index contributed by atoms with van der Waals surface area (Å²) < 4.78 is 22.1. The molecule has 10 heteroatoms. The summed E-state index contributed by atoms with van der Waals surface area (Å²) in [4.78, 5) is 25.3. The van der Waals surface area contributed by atoms with Crippen LogP contribution < -0.4 is 0 Å². The molecule has 10 nitrogen and oxygen atoms in total. The van der Waals surface area contributed by atoms with Crippen molar-refractivity contribution in [1.82, 2.24) is 0 Å². The smallest absolute Gasteiger partial charge is 0.306 e. The number of aliphatic hydroxyl groups is 4. The van der Waals surface area contributed by atoms with Crippen molar-refractivity contribution in [2.75, 3.05) is 19.8 Å². The molecule has 0 saturated carbocycles. The van der Waals surface area contributed by atoms with Gasteiger partial charge in [-0.2, -0.15) is 0 Å². The molecule has 57 heavy (non-hydrogen) atoms. The first-order valence-electron chi connectivity index (χ1n) is 22.4. The van der Waals surface area contributed by atoms with Crippen LogP contribution in [0.5, 0.6) is 0 Å². The second kappa shape index (κ2) is 37.7. The highest BCUT2D eigenvalue weighted by molar-refractivity contribution is 5.70. The van der Waals surface area contributed by atoms with Crippen molar-refractivity contribution in [3.8, 4) is 0 Å². The Morgan fingerprint density at radius 1 is 0.544 bits per heavy atom. The average molecular weight is 805 g/mol. The van der Waals surface area contributed by atoms with Crippen LogP contribution in [0.2, 0.25) is 0 Å². The molecule has 2 unspecified atom stereocenters. The average Bonchev–Trinajstić information content (AvgIpc) is 3.21. The molecular formula is C47H80O10. The summed E-state index contributed by atoms with van der Waals surface area (Å²) in [5.74, 6) is -0.865. The largest absolute Gasteiger partial charge is 0.462 e. The predicted molar refractivity (Wildman–Crippen MR) is 228 cm³/mol. The van der Waals surface area contributed by atoms with Crippen LogP contribution in [-0.4, -0.2) is 89.0 Å². The first kappa shape index (κ1) is 52.4. The highest BCUT2D eigenvalue weighted by Crippen LogP contribution is 2.22. The van der Waals surface area contributed by atoms with E-state index in [0.29, 0.717) is 12.8 Å². The molecule has 0 aromatic carbocycles. The molecule has 1 aliphatic rings. The van der Waals surface area contributed by atoms with Crippen molar-refractivity contribution in [3.63, 3.8) is 0 Å². The van der Waals surface area contributed by atoms with Crippen molar-refractivity contribution in [2.24, 2.45) is 0 Å². The minimum Gasteiger partial charge on any atom is -0.462 e. The molecule has 0 spiro atoms. The standard InChI is InChI=1S/C47H80O10/c1-3-5-7-9-11-13-15-17-19-20-22-23-25-27-29-31-33-35-42(49)54-38-40(39-55-47-46(53)45(52)44(51)41(37-48)57-47)56-43(50)36-34-32-30-28-26-24-21-18-16-14-12-10-8-6-4-2/h7,9,13,15,19-20,23-26,40-41,44-48,51-53H,3-6,8,10-12,14,16-18,21-22,27-39H2,1-2H3/b9-7+,15-13+,20-19+,25-23+,26-24+/t40-,41-,44+,45?,46?,47-/m0/s1. The van der Waals surface area contributed by atoms with E-state index in [1.165, 1.54) is 57.8 Å². The summed E-state index contributed by atoms with van der Waals surface area (Å²) in [6.45, 7) is 3.29. The van der Waals surface area contributed by atoms with E-state index < -0.39 is 55.4 Å². The Kier molecular flexibility index (Phi) is 34.6. The lowest BCUT2D eigenvalue weighted by atomic mass is 9.99. The number of hydrogen-bond acceptors (Lipinski definition) is 10. The fourth-order valence-corrected chi connectivity index (χ4v) is 6.29. The lowest BCUT2D eigenvalue weighted by Gasteiger charge is -2.39. The molecule has 0 bridgehead atoms. The van der Waals surface area contributed by atoms with E-state index in [0.717, 1.165) is 70.6 Å². The van der Waals surface area contributed by atoms with Gasteiger partial charge in [-0.1, -0.05) is 139 Å². The number of esters is 2. The van der Waals surface area contributed by atoms with Crippen molar-refractivity contribution >= 4 is 11.9 Å². The first-order valence-corrected chi connectivity index (χ1v) is 22.4. The van der Waals surface area contributed by atoms with Gasteiger partial charge in [0.05, 0.1) is 13.2 Å². The first-order chi connectivity index (χ1) is 27.8. The summed E-state index contributed by atoms with van der Waals surface area (Å²) >= 11 is 0. The molecule has 1 aliphatic heterocycles. The van der Waals surface area contributed by atoms with Gasteiger partial charge in [-0.05, 0) is 77.0 Å². The van der Waals surface area contributed by atoms with Crippen LogP contribution in [0.4, 0.5) is 0 Å². The van der Waals surface area contributed by atoms with E-state index in [4.69, 9.17) is 18.9 Å². The van der Waals surface area contributed by atoms with Gasteiger partial charge in [-0.15, -0.1) is 0 Å². The van der Waals surface area contributed by atoms with Crippen LogP contribution in [0.3, 0.4) is 0 Å². The molecule has 0 aliphatic carbocycles. The molecule has 0 aromatic rings. The van der Waals surface area contributed by atoms with Crippen LogP contribution in [0, 0.1) is 0 Å². The molecule has 6 atom stereocenters. The maximum atomic E-state index is 12.8. The molecule has 328 valence electrons. The highest BCUT2D eigenvalue weighted by Gasteiger charge is 2.44. The lowest BCUT2D eigenvalue weighted by molar-refractivity contribution is -0.305. The number of unbranched alkanes of at least 4 members (excludes halogenated alkanes) is 15. The fourth-order valence-electron chi connectivity index (χ4n) is 6.29. The van der Waals surface area contributed by atoms with Crippen LogP contribution >= 0.6 is 0 Å². The van der Waals surface area contributed by atoms with Gasteiger partial charge in [0.25, 0.3) is 0 Å². The molecular weight excluding hydrogens is 725 g/mol. The van der Waals surface area contributed by atoms with Crippen LogP contribution in [-0.2, 0) is 28.5 Å². The van der Waals surface area contributed by atoms with E-state index >= 15 is 0 Å². The molecule has 0 aromatic heterocycles. The van der Waals surface area contributed by atoms with E-state index in [1.807, 2.05) is 0 Å². The van der Waals surface area contributed by atoms with Crippen molar-refractivity contribution in [1.29, 1.82) is 0 Å². The number of rotatable bonds is 36. The zero-order chi connectivity index (χ0) is 41.6. The molecule has 1 rings (SSSR count). The highest BCUT2D eigenvalue weighted by atomic mass is 16.7. The van der Waals surface area contributed by atoms with Crippen LogP contribution in [0.25, 0.3) is 0 Å². The van der Waals surface area contributed by atoms with E-state index in [9.17, 15) is 30.0 Å². The molecule has 1 saturated heterocycles. The number of carbonyl (C=O) groups is 2. The summed E-state index contributed by atoms with van der Waals surface area (Å²) in [7, 11) is 0. The zero-order valence-corrected chi connectivity index (χ0v) is 35.6. The molecule has 0 radical (unpaired) electrons. The topological polar surface area (TPSA) is 152 Å². The normalized spacial score (nSPS) is 20.8. The SMILES string of the molecule is CCC/C=C/C/C=C/C/C=C/C/C=C/CCCCCC(=O)OC[C@@H](CO[C@H]1O[C@@H](CO)[C@@H](O)C(O)C1O)OC(=O)CCCCC/C=C/CCCCCCCCCC. The Bertz CT molecular complexity index is 1110. The Morgan fingerprint density at radius 3 is 1.56 bits per heavy atom. The fraction of sp³-hybridized carbons (Fsp3) is 0.745. The third-order valence-electron chi connectivity index (χ3n) is 9.86. The Hall–Kier alpha value is -2.60. The summed E-state index contributed by atoms with van der Waals surface area (Å²) in [6, 6.07) is 0. The van der Waals surface area contributed by atoms with Gasteiger partial charge in [0.15, 0.2) is 12.4 Å². The number of aliphatic hydroxyl groups excluding tert-OH is 4. The minimum atomic E-state index is -1.60. The monoisotopic (exact) mass is 805 g/mol. The van der Waals surface area contributed by atoms with Gasteiger partial charge in [-0.3, -0.25) is 9.59 Å². The van der Waals surface area contributed by atoms with Gasteiger partial charge < -0.3 is 39.4 Å². The minimum absolute atomic E-state index is 0.200. The van der Waals surface area contributed by atoms with Gasteiger partial charge in [0.2, 0.25) is 0 Å². The van der Waals surface area contributed by atoms with E-state index in [2.05, 4.69) is 74.6 Å². The lowest BCUT2D eigenvalue weighted by Crippen LogP contribution is -2.59. The Labute approximate surface area is 345 Å². The summed E-state index contributed by atoms with van der Waals surface area (Å²) in [6.07, 6.45) is 37.9. The molecule has 1 heterocycles. The van der Waals surface area contributed by atoms with Gasteiger partial charge >= 0.3 is 11.9 Å². The van der Waals surface area contributed by atoms with Gasteiger partial charge in [0.1, 0.15) is 31.0 Å². The molecule has 1 fully saturated rings. The summed E-state index contributed by atoms with van der Waals surface area (Å²) in [5.41, 5.74) is 0. The number of carbonyl (C=O) groups excluding carboxylic acids is 2. The molecule has 4 N–H and O–H groups in total. The maximum absolute atomic E-state index is 12.8. The van der Waals surface area contributed by atoms with Crippen molar-refractivity contribution in [3.05, 3.63) is 60.8 Å². The predicted octanol–water partition coefficient (Wildman–Crippen LogP) is 9.44. The second-order valence-corrected chi connectivity index (χ2v) is 15.1. The van der Waals surface area contributed by atoms with Gasteiger partial charge in [0, 0.05) is 12.8 Å². The quantitative estimate of drug-likeness (QED) is 0.0274. The van der Waals surface area contributed by atoms with Crippen LogP contribution in [0.1, 0.15) is 168 Å². The number of hydrogen-bond donors (Lipinski definition) is 4. The number of allylic oxidation sites excluding steroid dienone is 10. The Morgan fingerprint density at radius 2 is 1.02 bits per heavy atom. The van der Waals surface area contributed by atoms with Crippen molar-refractivity contribution in [2.45, 2.75) is 205 Å². The van der Waals surface area contributed by atoms with Crippen molar-refractivity contribution < 1.29 is 49.0 Å². The van der Waals surface area contributed by atoms with Gasteiger partial charge in [-0.25, -0.2) is 0 Å². The second-order valence-electron chi connectivity index (χ2n) is 15.1. The summed E-state index contributed by atoms with van der Waals surface area (Å²) in [5, 5.41) is 40.1. The maximum Gasteiger partial charge on any atom is 0.306 e. The van der Waals surface area contributed by atoms with E-state index in [-0.39, 0.29) is 26.1 Å². The zero-order valence-electron chi connectivity index (χ0n) is 35.6.